The van der Waals surface area contributed by atoms with Gasteiger partial charge in [-0.1, -0.05) is 6.58 Å². The fourth-order valence-corrected chi connectivity index (χ4v) is 1.98. The number of carbonyl (C=O) groups is 1. The van der Waals surface area contributed by atoms with E-state index < -0.39 is 31.1 Å². The summed E-state index contributed by atoms with van der Waals surface area (Å²) in [6.07, 6.45) is -2.64. The Bertz CT molecular complexity index is 408. The van der Waals surface area contributed by atoms with Crippen LogP contribution in [0.1, 0.15) is 6.92 Å². The van der Waals surface area contributed by atoms with Gasteiger partial charge in [-0.3, -0.25) is 4.79 Å². The summed E-state index contributed by atoms with van der Waals surface area (Å²) in [5.74, 6) is -0.0246. The number of ether oxygens (including phenoxy) is 1. The van der Waals surface area contributed by atoms with Crippen LogP contribution in [0, 0.1) is 0 Å². The van der Waals surface area contributed by atoms with Crippen LogP contribution in [0.4, 0.5) is 0 Å². The minimum atomic E-state index is -1.20. The summed E-state index contributed by atoms with van der Waals surface area (Å²) in [7, 11) is 0. The average Bonchev–Trinajstić information content (AvgIpc) is 2.61. The van der Waals surface area contributed by atoms with Gasteiger partial charge in [-0.25, -0.2) is 0 Å². The number of aliphatic hydroxyl groups excluding tert-OH is 3. The highest BCUT2D eigenvalue weighted by Gasteiger charge is 2.46. The molecule has 2 aliphatic heterocycles. The molecule has 4 atom stereocenters. The third-order valence-corrected chi connectivity index (χ3v) is 3.05. The van der Waals surface area contributed by atoms with Crippen molar-refractivity contribution in [3.8, 4) is 0 Å². The molecule has 18 heavy (non-hydrogen) atoms. The molecule has 0 bridgehead atoms. The molecule has 0 radical (unpaired) electrons. The maximum atomic E-state index is 11.4. The van der Waals surface area contributed by atoms with E-state index in [1.807, 2.05) is 0 Å². The monoisotopic (exact) mass is 256 g/mol. The van der Waals surface area contributed by atoms with Crippen LogP contribution in [-0.4, -0.2) is 57.3 Å². The molecule has 7 nitrogen and oxygen atoms in total. The normalized spacial score (nSPS) is 36.7. The first kappa shape index (κ1) is 13.0. The number of carbonyl (C=O) groups excluding carboxylic acids is 1. The van der Waals surface area contributed by atoms with Gasteiger partial charge in [0.25, 0.3) is 5.91 Å². The van der Waals surface area contributed by atoms with E-state index in [0.717, 1.165) is 0 Å². The lowest BCUT2D eigenvalue weighted by atomic mass is 10.1. The van der Waals surface area contributed by atoms with Crippen molar-refractivity contribution >= 4 is 5.91 Å². The van der Waals surface area contributed by atoms with Crippen molar-refractivity contribution < 1.29 is 24.9 Å². The van der Waals surface area contributed by atoms with Crippen LogP contribution in [0.25, 0.3) is 0 Å². The van der Waals surface area contributed by atoms with Gasteiger partial charge in [0.2, 0.25) is 0 Å². The summed E-state index contributed by atoms with van der Waals surface area (Å²) in [6, 6.07) is 0. The Balaban J connectivity index is 2.22. The quantitative estimate of drug-likeness (QED) is 0.466. The van der Waals surface area contributed by atoms with Crippen molar-refractivity contribution in [3.63, 3.8) is 0 Å². The summed E-state index contributed by atoms with van der Waals surface area (Å²) in [4.78, 5) is 12.8. The molecule has 1 unspecified atom stereocenters. The van der Waals surface area contributed by atoms with Gasteiger partial charge in [0.15, 0.2) is 6.23 Å². The second-order valence-corrected chi connectivity index (χ2v) is 4.35. The van der Waals surface area contributed by atoms with Crippen LogP contribution in [-0.2, 0) is 9.53 Å². The minimum Gasteiger partial charge on any atom is -0.394 e. The van der Waals surface area contributed by atoms with E-state index in [9.17, 15) is 15.0 Å². The Kier molecular flexibility index (Phi) is 3.40. The topological polar surface area (TPSA) is 102 Å². The van der Waals surface area contributed by atoms with Crippen molar-refractivity contribution in [3.05, 3.63) is 24.2 Å². The van der Waals surface area contributed by atoms with Crippen LogP contribution >= 0.6 is 0 Å². The molecule has 2 rings (SSSR count). The van der Waals surface area contributed by atoms with Gasteiger partial charge >= 0.3 is 0 Å². The lowest BCUT2D eigenvalue weighted by Crippen LogP contribution is -2.47. The maximum Gasteiger partial charge on any atom is 0.253 e. The van der Waals surface area contributed by atoms with Crippen LogP contribution in [0.2, 0.25) is 0 Å². The number of nitrogens with zero attached hydrogens (tertiary/aromatic N) is 1. The van der Waals surface area contributed by atoms with Crippen LogP contribution in [0.3, 0.4) is 0 Å². The molecule has 1 saturated heterocycles. The van der Waals surface area contributed by atoms with Gasteiger partial charge in [-0.05, 0) is 6.92 Å². The van der Waals surface area contributed by atoms with Crippen molar-refractivity contribution in [2.24, 2.45) is 0 Å². The molecule has 100 valence electrons. The molecule has 0 spiro atoms. The van der Waals surface area contributed by atoms with Gasteiger partial charge < -0.3 is 30.3 Å². The number of hydrogen-bond acceptors (Lipinski definition) is 6. The van der Waals surface area contributed by atoms with Crippen LogP contribution in [0.15, 0.2) is 24.2 Å². The summed E-state index contributed by atoms with van der Waals surface area (Å²) >= 11 is 0. The van der Waals surface area contributed by atoms with Crippen LogP contribution < -0.4 is 5.32 Å². The molecule has 1 amide bonds. The standard InChI is InChI=1S/C11H16N2O5/c1-5-3-13(6(2)12-10(5)17)11-9(16)8(15)7(4-14)18-11/h3,7-9,11,14-16H,2,4H2,1H3,(H,12,17)/t7-,8?,9+,11-/m1/s1. The summed E-state index contributed by atoms with van der Waals surface area (Å²) < 4.78 is 5.35. The molecule has 0 saturated carbocycles. The number of amides is 1. The van der Waals surface area contributed by atoms with Gasteiger partial charge in [0, 0.05) is 11.8 Å². The Morgan fingerprint density at radius 2 is 2.17 bits per heavy atom. The molecule has 0 aromatic carbocycles. The Hall–Kier alpha value is -1.41. The SMILES string of the molecule is C=C1NC(=O)C(C)=CN1[C@@H]1O[C@H](CO)C(O)[C@@H]1O. The summed E-state index contributed by atoms with van der Waals surface area (Å²) in [6.45, 7) is 4.86. The number of aliphatic hydroxyl groups is 3. The molecular formula is C11H16N2O5. The average molecular weight is 256 g/mol. The lowest BCUT2D eigenvalue weighted by Gasteiger charge is -2.33. The molecule has 7 heteroatoms. The fourth-order valence-electron chi connectivity index (χ4n) is 1.98. The minimum absolute atomic E-state index is 0.250. The first-order chi connectivity index (χ1) is 8.45. The zero-order chi connectivity index (χ0) is 13.4. The third kappa shape index (κ3) is 2.01. The lowest BCUT2D eigenvalue weighted by molar-refractivity contribution is -0.119. The highest BCUT2D eigenvalue weighted by Crippen LogP contribution is 2.27. The predicted molar refractivity (Wildman–Crippen MR) is 60.6 cm³/mol. The van der Waals surface area contributed by atoms with Gasteiger partial charge in [-0.15, -0.1) is 0 Å². The Morgan fingerprint density at radius 3 is 2.72 bits per heavy atom. The zero-order valence-corrected chi connectivity index (χ0v) is 9.91. The molecular weight excluding hydrogens is 240 g/mol. The Morgan fingerprint density at radius 1 is 1.50 bits per heavy atom. The second kappa shape index (κ2) is 4.69. The first-order valence-electron chi connectivity index (χ1n) is 5.55. The van der Waals surface area contributed by atoms with E-state index in [2.05, 4.69) is 11.9 Å². The van der Waals surface area contributed by atoms with E-state index in [1.54, 1.807) is 6.92 Å². The highest BCUT2D eigenvalue weighted by molar-refractivity contribution is 5.94. The zero-order valence-electron chi connectivity index (χ0n) is 9.91. The number of nitrogens with one attached hydrogen (secondary N) is 1. The molecule has 1 fully saturated rings. The van der Waals surface area contributed by atoms with Crippen LogP contribution in [0.5, 0.6) is 0 Å². The first-order valence-corrected chi connectivity index (χ1v) is 5.55. The molecule has 2 heterocycles. The fraction of sp³-hybridized carbons (Fsp3) is 0.545. The van der Waals surface area contributed by atoms with Crippen molar-refractivity contribution in [1.29, 1.82) is 0 Å². The van der Waals surface area contributed by atoms with E-state index >= 15 is 0 Å². The second-order valence-electron chi connectivity index (χ2n) is 4.35. The number of hydrogen-bond donors (Lipinski definition) is 4. The van der Waals surface area contributed by atoms with Gasteiger partial charge in [0.05, 0.1) is 6.61 Å². The van der Waals surface area contributed by atoms with E-state index in [4.69, 9.17) is 9.84 Å². The van der Waals surface area contributed by atoms with Gasteiger partial charge in [-0.2, -0.15) is 0 Å². The van der Waals surface area contributed by atoms with Crippen molar-refractivity contribution in [2.45, 2.75) is 31.5 Å². The summed E-state index contributed by atoms with van der Waals surface area (Å²) in [5, 5.41) is 31.1. The third-order valence-electron chi connectivity index (χ3n) is 3.05. The smallest absolute Gasteiger partial charge is 0.253 e. The predicted octanol–water partition coefficient (Wildman–Crippen LogP) is -1.77. The molecule has 0 aromatic rings. The highest BCUT2D eigenvalue weighted by atomic mass is 16.6. The Labute approximate surface area is 104 Å². The van der Waals surface area contributed by atoms with E-state index in [1.165, 1.54) is 11.1 Å². The summed E-state index contributed by atoms with van der Waals surface area (Å²) in [5.41, 5.74) is 0.431. The molecule has 4 N–H and O–H groups in total. The van der Waals surface area contributed by atoms with Crippen molar-refractivity contribution in [1.82, 2.24) is 10.2 Å². The molecule has 0 aromatic heterocycles. The molecule has 2 aliphatic rings. The molecule has 0 aliphatic carbocycles. The van der Waals surface area contributed by atoms with Gasteiger partial charge in [0.1, 0.15) is 24.1 Å². The van der Waals surface area contributed by atoms with E-state index in [-0.39, 0.29) is 11.7 Å². The van der Waals surface area contributed by atoms with Crippen molar-refractivity contribution in [2.75, 3.05) is 6.61 Å². The maximum absolute atomic E-state index is 11.4. The largest absolute Gasteiger partial charge is 0.394 e. The van der Waals surface area contributed by atoms with E-state index in [0.29, 0.717) is 5.57 Å². The number of rotatable bonds is 2.